The highest BCUT2D eigenvalue weighted by Crippen LogP contribution is 2.36. The van der Waals surface area contributed by atoms with Crippen LogP contribution in [-0.2, 0) is 19.1 Å². The summed E-state index contributed by atoms with van der Waals surface area (Å²) in [5.41, 5.74) is 5.74. The quantitative estimate of drug-likeness (QED) is 0.150. The summed E-state index contributed by atoms with van der Waals surface area (Å²) in [6.45, 7) is 2.67. The molecule has 2 aromatic heterocycles. The van der Waals surface area contributed by atoms with Gasteiger partial charge in [-0.3, -0.25) is 9.59 Å². The number of benzene rings is 2. The minimum atomic E-state index is -0.0919. The number of carbonyl (C=O) groups excluding carboxylic acids is 2. The Morgan fingerprint density at radius 2 is 1.28 bits per heavy atom. The molecule has 0 radical (unpaired) electrons. The van der Waals surface area contributed by atoms with Gasteiger partial charge in [0.1, 0.15) is 22.5 Å². The van der Waals surface area contributed by atoms with E-state index in [1.54, 1.807) is 14.2 Å². The number of ether oxygens (including phenoxy) is 2. The summed E-state index contributed by atoms with van der Waals surface area (Å²) in [4.78, 5) is 45.8. The first-order chi connectivity index (χ1) is 23.0. The number of H-pyrrole nitrogens is 2. The Labute approximate surface area is 280 Å². The van der Waals surface area contributed by atoms with Crippen molar-refractivity contribution in [3.63, 3.8) is 0 Å². The van der Waals surface area contributed by atoms with Gasteiger partial charge in [0.2, 0.25) is 11.8 Å². The first-order valence-corrected chi connectivity index (χ1v) is 16.9. The fraction of sp³-hybridized carbons (Fsp3) is 0.444. The maximum atomic E-state index is 12.8. The van der Waals surface area contributed by atoms with Crippen molar-refractivity contribution >= 4 is 23.4 Å². The first kappa shape index (κ1) is 32.9. The molecule has 2 aliphatic heterocycles. The van der Waals surface area contributed by atoms with Crippen LogP contribution >= 0.6 is 11.6 Å². The van der Waals surface area contributed by atoms with Crippen LogP contribution in [0.3, 0.4) is 0 Å². The van der Waals surface area contributed by atoms with Crippen molar-refractivity contribution in [3.05, 3.63) is 71.5 Å². The number of imidazole rings is 2. The summed E-state index contributed by atoms with van der Waals surface area (Å²) in [6.07, 6.45) is 7.96. The summed E-state index contributed by atoms with van der Waals surface area (Å²) in [5.74, 6) is 1.86. The lowest BCUT2D eigenvalue weighted by Gasteiger charge is -2.23. The zero-order valence-corrected chi connectivity index (χ0v) is 27.9. The minimum absolute atomic E-state index is 0.0126. The summed E-state index contributed by atoms with van der Waals surface area (Å²) >= 11 is 6.64. The third-order valence-electron chi connectivity index (χ3n) is 9.22. The molecule has 0 aliphatic carbocycles. The van der Waals surface area contributed by atoms with Gasteiger partial charge in [0.05, 0.1) is 24.0 Å². The Morgan fingerprint density at radius 3 is 1.83 bits per heavy atom. The van der Waals surface area contributed by atoms with Gasteiger partial charge in [-0.05, 0) is 55.2 Å². The molecular weight excluding hydrogens is 616 g/mol. The van der Waals surface area contributed by atoms with Crippen molar-refractivity contribution < 1.29 is 19.1 Å². The Kier molecular flexibility index (Phi) is 10.7. The average Bonchev–Trinajstić information content (AvgIpc) is 3.91. The predicted octanol–water partition coefficient (Wildman–Crippen LogP) is 6.97. The molecule has 2 amide bonds. The van der Waals surface area contributed by atoms with E-state index < -0.39 is 0 Å². The van der Waals surface area contributed by atoms with E-state index in [1.807, 2.05) is 28.1 Å². The highest BCUT2D eigenvalue weighted by Gasteiger charge is 2.33. The number of aromatic amines is 2. The van der Waals surface area contributed by atoms with Gasteiger partial charge in [0.25, 0.3) is 0 Å². The molecule has 2 saturated heterocycles. The van der Waals surface area contributed by atoms with Gasteiger partial charge in [0, 0.05) is 58.9 Å². The maximum Gasteiger partial charge on any atom is 0.223 e. The molecule has 0 spiro atoms. The minimum Gasteiger partial charge on any atom is -0.385 e. The van der Waals surface area contributed by atoms with Crippen molar-refractivity contribution in [2.45, 2.75) is 63.5 Å². The third kappa shape index (κ3) is 7.45. The number of hydrogen-bond acceptors (Lipinski definition) is 6. The molecule has 2 atom stereocenters. The molecule has 10 nitrogen and oxygen atoms in total. The number of amides is 2. The van der Waals surface area contributed by atoms with Gasteiger partial charge < -0.3 is 29.2 Å². The Hall–Kier alpha value is -3.99. The predicted molar refractivity (Wildman–Crippen MR) is 182 cm³/mol. The molecule has 4 aromatic rings. The topological polar surface area (TPSA) is 116 Å². The van der Waals surface area contributed by atoms with Crippen molar-refractivity contribution in [2.24, 2.45) is 0 Å². The van der Waals surface area contributed by atoms with Gasteiger partial charge in [-0.15, -0.1) is 0 Å². The van der Waals surface area contributed by atoms with E-state index in [4.69, 9.17) is 26.1 Å². The molecule has 2 aliphatic rings. The number of halogens is 1. The number of likely N-dealkylation sites (tertiary alicyclic amines) is 2. The van der Waals surface area contributed by atoms with Crippen molar-refractivity contribution in [1.82, 2.24) is 29.7 Å². The Morgan fingerprint density at radius 1 is 0.766 bits per heavy atom. The Bertz CT molecular complexity index is 1650. The zero-order valence-electron chi connectivity index (χ0n) is 27.1. The maximum absolute atomic E-state index is 12.8. The van der Waals surface area contributed by atoms with E-state index in [1.165, 1.54) is 0 Å². The van der Waals surface area contributed by atoms with Crippen molar-refractivity contribution in [2.75, 3.05) is 40.5 Å². The van der Waals surface area contributed by atoms with E-state index >= 15 is 0 Å². The van der Waals surface area contributed by atoms with Crippen LogP contribution in [0, 0.1) is 0 Å². The monoisotopic (exact) mass is 658 g/mol. The number of hydrogen-bond donors (Lipinski definition) is 2. The normalized spacial score (nSPS) is 17.9. The Balaban J connectivity index is 1.10. The molecule has 248 valence electrons. The van der Waals surface area contributed by atoms with E-state index in [0.717, 1.165) is 84.8 Å². The summed E-state index contributed by atoms with van der Waals surface area (Å²) < 4.78 is 10.2. The molecule has 2 aromatic carbocycles. The summed E-state index contributed by atoms with van der Waals surface area (Å²) in [6, 6.07) is 16.5. The largest absolute Gasteiger partial charge is 0.385 e. The van der Waals surface area contributed by atoms with Crippen LogP contribution in [0.5, 0.6) is 0 Å². The average molecular weight is 659 g/mol. The number of rotatable bonds is 13. The van der Waals surface area contributed by atoms with Crippen molar-refractivity contribution in [3.8, 4) is 33.6 Å². The number of aromatic nitrogens is 4. The highest BCUT2D eigenvalue weighted by atomic mass is 35.5. The summed E-state index contributed by atoms with van der Waals surface area (Å²) in [7, 11) is 3.31. The standard InChI is InChI=1S/C36H43ClN6O4/c1-46-21-5-9-31(44)42-19-3-7-29(42)35-38-23-28(39-35)26-15-11-24(12-16-26)25-13-17-27(18-14-25)33-34(37)41-36(40-33)30-8-4-20-43(30)32(45)10-6-22-47-2/h11-18,23,29-30H,3-10,19-22H2,1-2H3,(H,38,39)(H,40,41). The molecule has 0 saturated carbocycles. The van der Waals surface area contributed by atoms with E-state index in [9.17, 15) is 9.59 Å². The molecule has 2 N–H and O–H groups in total. The number of methoxy groups -OCH3 is 2. The smallest absolute Gasteiger partial charge is 0.223 e. The van der Waals surface area contributed by atoms with Crippen LogP contribution in [0.25, 0.3) is 33.6 Å². The molecule has 2 fully saturated rings. The number of nitrogens with zero attached hydrogens (tertiary/aromatic N) is 4. The molecule has 2 unspecified atom stereocenters. The van der Waals surface area contributed by atoms with Crippen LogP contribution < -0.4 is 0 Å². The number of nitrogens with one attached hydrogen (secondary N) is 2. The fourth-order valence-corrected chi connectivity index (χ4v) is 7.00. The number of carbonyl (C=O) groups is 2. The molecule has 6 rings (SSSR count). The fourth-order valence-electron chi connectivity index (χ4n) is 6.76. The SMILES string of the molecule is COCCCC(=O)N1CCCC1c1ncc(-c2ccc(-c3ccc(-c4nc(C5CCCN5C(=O)CCCOC)[nH]c4Cl)cc3)cc2)[nH]1. The summed E-state index contributed by atoms with van der Waals surface area (Å²) in [5, 5.41) is 0.478. The van der Waals surface area contributed by atoms with Crippen molar-refractivity contribution in [1.29, 1.82) is 0 Å². The van der Waals surface area contributed by atoms with Gasteiger partial charge in [-0.2, -0.15) is 0 Å². The third-order valence-corrected chi connectivity index (χ3v) is 9.49. The zero-order chi connectivity index (χ0) is 32.8. The molecule has 4 heterocycles. The lowest BCUT2D eigenvalue weighted by molar-refractivity contribution is -0.133. The lowest BCUT2D eigenvalue weighted by atomic mass is 10.0. The van der Waals surface area contributed by atoms with E-state index in [2.05, 4.69) is 51.4 Å². The van der Waals surface area contributed by atoms with Crippen LogP contribution in [0.2, 0.25) is 5.15 Å². The molecule has 11 heteroatoms. The molecular formula is C36H43ClN6O4. The van der Waals surface area contributed by atoms with Gasteiger partial charge in [0.15, 0.2) is 0 Å². The van der Waals surface area contributed by atoms with Gasteiger partial charge in [-0.25, -0.2) is 9.97 Å². The highest BCUT2D eigenvalue weighted by molar-refractivity contribution is 6.31. The van der Waals surface area contributed by atoms with Crippen LogP contribution in [0.1, 0.15) is 75.1 Å². The van der Waals surface area contributed by atoms with E-state index in [-0.39, 0.29) is 23.9 Å². The van der Waals surface area contributed by atoms with Crippen LogP contribution in [0.15, 0.2) is 54.7 Å². The van der Waals surface area contributed by atoms with Gasteiger partial charge >= 0.3 is 0 Å². The molecule has 47 heavy (non-hydrogen) atoms. The second kappa shape index (κ2) is 15.3. The molecule has 0 bridgehead atoms. The first-order valence-electron chi connectivity index (χ1n) is 16.5. The second-order valence-electron chi connectivity index (χ2n) is 12.3. The second-order valence-corrected chi connectivity index (χ2v) is 12.7. The van der Waals surface area contributed by atoms with Crippen LogP contribution in [0.4, 0.5) is 0 Å². The lowest BCUT2D eigenvalue weighted by Crippen LogP contribution is -2.31. The van der Waals surface area contributed by atoms with Gasteiger partial charge in [-0.1, -0.05) is 60.1 Å². The van der Waals surface area contributed by atoms with E-state index in [0.29, 0.717) is 43.3 Å². The van der Waals surface area contributed by atoms with Crippen LogP contribution in [-0.4, -0.2) is 82.1 Å².